The van der Waals surface area contributed by atoms with Crippen LogP contribution in [0.4, 0.5) is 0 Å². The SMILES string of the molecule is CCCCCCC(CCCCCC)CCCOC(=O)CCCCCN(CCCCCC=O)C(=O)CCCN(C)C. The molecule has 0 aromatic rings. The minimum absolute atomic E-state index is 0.0748. The largest absolute Gasteiger partial charge is 0.466 e. The third-order valence-corrected chi connectivity index (χ3v) is 7.86. The summed E-state index contributed by atoms with van der Waals surface area (Å²) >= 11 is 0. The monoisotopic (exact) mass is 567 g/mol. The number of carbonyl (C=O) groups excluding carboxylic acids is 3. The molecule has 236 valence electrons. The van der Waals surface area contributed by atoms with E-state index in [0.29, 0.717) is 25.9 Å². The van der Waals surface area contributed by atoms with E-state index in [0.717, 1.165) is 83.2 Å². The van der Waals surface area contributed by atoms with E-state index in [-0.39, 0.29) is 11.9 Å². The zero-order valence-corrected chi connectivity index (χ0v) is 27.1. The topological polar surface area (TPSA) is 66.9 Å². The minimum Gasteiger partial charge on any atom is -0.466 e. The Labute approximate surface area is 248 Å². The molecule has 0 unspecified atom stereocenters. The fourth-order valence-electron chi connectivity index (χ4n) is 5.30. The second kappa shape index (κ2) is 29.1. The molecule has 0 bridgehead atoms. The second-order valence-electron chi connectivity index (χ2n) is 12.0. The van der Waals surface area contributed by atoms with Gasteiger partial charge in [0.25, 0.3) is 0 Å². The minimum atomic E-state index is -0.0748. The van der Waals surface area contributed by atoms with E-state index in [2.05, 4.69) is 18.7 Å². The first-order valence-corrected chi connectivity index (χ1v) is 17.0. The van der Waals surface area contributed by atoms with E-state index >= 15 is 0 Å². The highest BCUT2D eigenvalue weighted by atomic mass is 16.5. The Kier molecular flexibility index (Phi) is 28.0. The number of rotatable bonds is 30. The van der Waals surface area contributed by atoms with Gasteiger partial charge in [-0.05, 0) is 71.5 Å². The summed E-state index contributed by atoms with van der Waals surface area (Å²) in [5.74, 6) is 0.936. The van der Waals surface area contributed by atoms with Gasteiger partial charge in [0.2, 0.25) is 5.91 Å². The van der Waals surface area contributed by atoms with Gasteiger partial charge in [-0.2, -0.15) is 0 Å². The van der Waals surface area contributed by atoms with Crippen molar-refractivity contribution in [3.05, 3.63) is 0 Å². The van der Waals surface area contributed by atoms with Crippen molar-refractivity contribution in [1.82, 2.24) is 9.80 Å². The molecule has 0 atom stereocenters. The van der Waals surface area contributed by atoms with Crippen molar-refractivity contribution in [2.75, 3.05) is 40.3 Å². The fraction of sp³-hybridized carbons (Fsp3) is 0.912. The van der Waals surface area contributed by atoms with Gasteiger partial charge in [0.1, 0.15) is 6.29 Å². The molecule has 1 amide bonds. The lowest BCUT2D eigenvalue weighted by Crippen LogP contribution is -2.33. The molecule has 0 aliphatic heterocycles. The van der Waals surface area contributed by atoms with Crippen LogP contribution in [0.5, 0.6) is 0 Å². The lowest BCUT2D eigenvalue weighted by Gasteiger charge is -2.23. The van der Waals surface area contributed by atoms with E-state index in [1.54, 1.807) is 0 Å². The van der Waals surface area contributed by atoms with Crippen molar-refractivity contribution in [1.29, 1.82) is 0 Å². The molecule has 0 heterocycles. The van der Waals surface area contributed by atoms with Gasteiger partial charge in [0.15, 0.2) is 0 Å². The van der Waals surface area contributed by atoms with Crippen molar-refractivity contribution >= 4 is 18.2 Å². The average Bonchev–Trinajstić information content (AvgIpc) is 2.93. The van der Waals surface area contributed by atoms with Crippen LogP contribution in [0.25, 0.3) is 0 Å². The highest BCUT2D eigenvalue weighted by molar-refractivity contribution is 5.76. The van der Waals surface area contributed by atoms with E-state index in [1.165, 1.54) is 70.6 Å². The van der Waals surface area contributed by atoms with Crippen molar-refractivity contribution < 1.29 is 19.1 Å². The van der Waals surface area contributed by atoms with Gasteiger partial charge in [0.05, 0.1) is 6.61 Å². The summed E-state index contributed by atoms with van der Waals surface area (Å²) in [6.45, 7) is 7.52. The number of nitrogens with zero attached hydrogens (tertiary/aromatic N) is 2. The lowest BCUT2D eigenvalue weighted by molar-refractivity contribution is -0.144. The quantitative estimate of drug-likeness (QED) is 0.0496. The number of ether oxygens (including phenoxy) is 1. The first-order valence-electron chi connectivity index (χ1n) is 17.0. The maximum Gasteiger partial charge on any atom is 0.305 e. The summed E-state index contributed by atoms with van der Waals surface area (Å²) in [5.41, 5.74) is 0. The Hall–Kier alpha value is -1.43. The highest BCUT2D eigenvalue weighted by Crippen LogP contribution is 2.23. The van der Waals surface area contributed by atoms with E-state index < -0.39 is 0 Å². The molecule has 0 N–H and O–H groups in total. The molecule has 0 aromatic carbocycles. The average molecular weight is 567 g/mol. The molecule has 6 heteroatoms. The number of hydrogen-bond acceptors (Lipinski definition) is 5. The van der Waals surface area contributed by atoms with E-state index in [9.17, 15) is 14.4 Å². The summed E-state index contributed by atoms with van der Waals surface area (Å²) in [7, 11) is 4.06. The maximum atomic E-state index is 12.8. The Morgan fingerprint density at radius 2 is 1.23 bits per heavy atom. The van der Waals surface area contributed by atoms with E-state index in [1.807, 2.05) is 19.0 Å². The van der Waals surface area contributed by atoms with Crippen LogP contribution in [-0.2, 0) is 19.1 Å². The van der Waals surface area contributed by atoms with Gasteiger partial charge in [-0.15, -0.1) is 0 Å². The number of hydrogen-bond donors (Lipinski definition) is 0. The molecule has 0 rings (SSSR count). The van der Waals surface area contributed by atoms with Crippen LogP contribution in [0.15, 0.2) is 0 Å². The molecule has 0 radical (unpaired) electrons. The van der Waals surface area contributed by atoms with Crippen LogP contribution in [0, 0.1) is 5.92 Å². The van der Waals surface area contributed by atoms with Crippen LogP contribution in [-0.4, -0.2) is 68.3 Å². The van der Waals surface area contributed by atoms with Crippen molar-refractivity contribution in [3.8, 4) is 0 Å². The van der Waals surface area contributed by atoms with Gasteiger partial charge in [-0.3, -0.25) is 9.59 Å². The molecule has 0 aliphatic rings. The number of amides is 1. The van der Waals surface area contributed by atoms with Crippen LogP contribution >= 0.6 is 0 Å². The van der Waals surface area contributed by atoms with Gasteiger partial charge >= 0.3 is 5.97 Å². The summed E-state index contributed by atoms with van der Waals surface area (Å²) in [4.78, 5) is 39.7. The van der Waals surface area contributed by atoms with Gasteiger partial charge in [-0.25, -0.2) is 0 Å². The molecule has 6 nitrogen and oxygen atoms in total. The smallest absolute Gasteiger partial charge is 0.305 e. The zero-order chi connectivity index (χ0) is 29.7. The van der Waals surface area contributed by atoms with Crippen LogP contribution in [0.2, 0.25) is 0 Å². The Morgan fingerprint density at radius 1 is 0.650 bits per heavy atom. The molecule has 0 saturated carbocycles. The number of unbranched alkanes of at least 4 members (excludes halogenated alkanes) is 11. The van der Waals surface area contributed by atoms with Gasteiger partial charge in [-0.1, -0.05) is 90.9 Å². The van der Waals surface area contributed by atoms with Gasteiger partial charge in [0, 0.05) is 32.4 Å². The maximum absolute atomic E-state index is 12.8. The van der Waals surface area contributed by atoms with Gasteiger partial charge < -0.3 is 19.3 Å². The fourth-order valence-corrected chi connectivity index (χ4v) is 5.30. The van der Waals surface area contributed by atoms with Crippen LogP contribution in [0.1, 0.15) is 155 Å². The Balaban J connectivity index is 4.21. The van der Waals surface area contributed by atoms with Crippen molar-refractivity contribution in [3.63, 3.8) is 0 Å². The first kappa shape index (κ1) is 38.6. The van der Waals surface area contributed by atoms with E-state index in [4.69, 9.17) is 4.74 Å². The van der Waals surface area contributed by atoms with Crippen LogP contribution < -0.4 is 0 Å². The van der Waals surface area contributed by atoms with Crippen LogP contribution in [0.3, 0.4) is 0 Å². The predicted octanol–water partition coefficient (Wildman–Crippen LogP) is 8.36. The standard InChI is InChI=1S/C34H66N2O4/c1-5-7-9-14-22-32(23-15-10-8-6-2)24-21-31-40-34(39)26-16-13-18-29-36(28-17-11-12-19-30-37)33(38)25-20-27-35(3)4/h30,32H,5-29,31H2,1-4H3. The normalized spacial score (nSPS) is 11.3. The zero-order valence-electron chi connectivity index (χ0n) is 27.1. The number of carbonyl (C=O) groups is 3. The molecule has 0 fully saturated rings. The molecule has 40 heavy (non-hydrogen) atoms. The summed E-state index contributed by atoms with van der Waals surface area (Å²) in [6, 6.07) is 0. The Morgan fingerprint density at radius 3 is 1.80 bits per heavy atom. The lowest BCUT2D eigenvalue weighted by atomic mass is 9.91. The summed E-state index contributed by atoms with van der Waals surface area (Å²) in [5, 5.41) is 0. The number of esters is 1. The molecule has 0 aromatic heterocycles. The first-order chi connectivity index (χ1) is 19.4. The molecule has 0 saturated heterocycles. The predicted molar refractivity (Wildman–Crippen MR) is 169 cm³/mol. The molecule has 0 aliphatic carbocycles. The summed E-state index contributed by atoms with van der Waals surface area (Å²) < 4.78 is 5.56. The highest BCUT2D eigenvalue weighted by Gasteiger charge is 2.14. The molecular formula is C34H66N2O4. The van der Waals surface area contributed by atoms with Crippen molar-refractivity contribution in [2.45, 2.75) is 155 Å². The molecule has 0 spiro atoms. The second-order valence-corrected chi connectivity index (χ2v) is 12.0. The molecular weight excluding hydrogens is 500 g/mol. The third kappa shape index (κ3) is 25.5. The Bertz CT molecular complexity index is 584. The summed E-state index contributed by atoms with van der Waals surface area (Å²) in [6.07, 6.45) is 24.4. The van der Waals surface area contributed by atoms with Crippen molar-refractivity contribution in [2.24, 2.45) is 5.92 Å². The number of aldehydes is 1. The third-order valence-electron chi connectivity index (χ3n) is 7.86.